The van der Waals surface area contributed by atoms with Crippen molar-refractivity contribution in [3.05, 3.63) is 101 Å². The van der Waals surface area contributed by atoms with Gasteiger partial charge >= 0.3 is 0 Å². The number of hydrogen-bond acceptors (Lipinski definition) is 3. The molecule has 3 aromatic carbocycles. The fourth-order valence-electron chi connectivity index (χ4n) is 4.23. The summed E-state index contributed by atoms with van der Waals surface area (Å²) in [6, 6.07) is 19.9. The van der Waals surface area contributed by atoms with Gasteiger partial charge in [-0.15, -0.1) is 0 Å². The summed E-state index contributed by atoms with van der Waals surface area (Å²) >= 11 is 0. The van der Waals surface area contributed by atoms with Gasteiger partial charge in [-0.25, -0.2) is 8.78 Å². The van der Waals surface area contributed by atoms with Crippen molar-refractivity contribution in [3.63, 3.8) is 0 Å². The van der Waals surface area contributed by atoms with Crippen LogP contribution in [0.15, 0.2) is 66.7 Å². The Labute approximate surface area is 187 Å². The lowest BCUT2D eigenvalue weighted by atomic mass is 9.96. The SMILES string of the molecule is CN(C)c1ccc(C(CNC(=O)c2c(F)cccc2F)N2CCc3ccccc3C2)cc1. The maximum absolute atomic E-state index is 14.1. The average molecular weight is 436 g/mol. The number of fused-ring (bicyclic) bond motifs is 1. The number of halogens is 2. The highest BCUT2D eigenvalue weighted by Crippen LogP contribution is 2.29. The van der Waals surface area contributed by atoms with Crippen molar-refractivity contribution in [2.75, 3.05) is 32.1 Å². The van der Waals surface area contributed by atoms with Crippen LogP contribution in [0.25, 0.3) is 0 Å². The van der Waals surface area contributed by atoms with Crippen molar-refractivity contribution in [2.24, 2.45) is 0 Å². The summed E-state index contributed by atoms with van der Waals surface area (Å²) in [6.45, 7) is 1.83. The Morgan fingerprint density at radius 2 is 1.62 bits per heavy atom. The molecular formula is C26H27F2N3O. The summed E-state index contributed by atoms with van der Waals surface area (Å²) in [7, 11) is 3.97. The fraction of sp³-hybridized carbons (Fsp3) is 0.269. The zero-order chi connectivity index (χ0) is 22.7. The Morgan fingerprint density at radius 3 is 2.28 bits per heavy atom. The number of hydrogen-bond donors (Lipinski definition) is 1. The van der Waals surface area contributed by atoms with Gasteiger partial charge in [0.25, 0.3) is 5.91 Å². The minimum Gasteiger partial charge on any atom is -0.378 e. The van der Waals surface area contributed by atoms with Crippen molar-refractivity contribution in [1.29, 1.82) is 0 Å². The number of carbonyl (C=O) groups is 1. The molecular weight excluding hydrogens is 408 g/mol. The van der Waals surface area contributed by atoms with Crippen molar-refractivity contribution in [1.82, 2.24) is 10.2 Å². The normalized spacial score (nSPS) is 14.5. The summed E-state index contributed by atoms with van der Waals surface area (Å²) in [5.41, 5.74) is 4.18. The molecule has 3 aromatic rings. The summed E-state index contributed by atoms with van der Waals surface area (Å²) in [5.74, 6) is -2.46. The largest absolute Gasteiger partial charge is 0.378 e. The number of amides is 1. The molecule has 1 aliphatic heterocycles. The zero-order valence-electron chi connectivity index (χ0n) is 18.3. The molecule has 0 radical (unpaired) electrons. The fourth-order valence-corrected chi connectivity index (χ4v) is 4.23. The molecule has 32 heavy (non-hydrogen) atoms. The van der Waals surface area contributed by atoms with E-state index in [-0.39, 0.29) is 12.6 Å². The molecule has 0 fully saturated rings. The number of carbonyl (C=O) groups excluding carboxylic acids is 1. The highest BCUT2D eigenvalue weighted by atomic mass is 19.1. The Kier molecular flexibility index (Phi) is 6.51. The predicted molar refractivity (Wildman–Crippen MR) is 123 cm³/mol. The number of nitrogens with zero attached hydrogens (tertiary/aromatic N) is 2. The van der Waals surface area contributed by atoms with E-state index in [1.54, 1.807) is 0 Å². The third kappa shape index (κ3) is 4.65. The molecule has 1 unspecified atom stereocenters. The second kappa shape index (κ2) is 9.49. The highest BCUT2D eigenvalue weighted by Gasteiger charge is 2.26. The van der Waals surface area contributed by atoms with Crippen molar-refractivity contribution >= 4 is 11.6 Å². The van der Waals surface area contributed by atoms with Gasteiger partial charge in [-0.05, 0) is 47.4 Å². The molecule has 4 rings (SSSR count). The second-order valence-electron chi connectivity index (χ2n) is 8.30. The lowest BCUT2D eigenvalue weighted by Crippen LogP contribution is -2.41. The van der Waals surface area contributed by atoms with E-state index < -0.39 is 23.1 Å². The van der Waals surface area contributed by atoms with Gasteiger partial charge in [0.05, 0.1) is 6.04 Å². The van der Waals surface area contributed by atoms with Crippen LogP contribution in [0.1, 0.15) is 33.1 Å². The summed E-state index contributed by atoms with van der Waals surface area (Å²) < 4.78 is 28.1. The molecule has 0 spiro atoms. The molecule has 0 aromatic heterocycles. The van der Waals surface area contributed by atoms with Crippen molar-refractivity contribution < 1.29 is 13.6 Å². The third-order valence-corrected chi connectivity index (χ3v) is 6.04. The van der Waals surface area contributed by atoms with Gasteiger partial charge in [-0.2, -0.15) is 0 Å². The monoisotopic (exact) mass is 435 g/mol. The van der Waals surface area contributed by atoms with Crippen LogP contribution < -0.4 is 10.2 Å². The number of nitrogens with one attached hydrogen (secondary N) is 1. The van der Waals surface area contributed by atoms with Crippen LogP contribution in [0.3, 0.4) is 0 Å². The maximum Gasteiger partial charge on any atom is 0.257 e. The molecule has 0 bridgehead atoms. The van der Waals surface area contributed by atoms with Crippen LogP contribution in [0.2, 0.25) is 0 Å². The van der Waals surface area contributed by atoms with E-state index in [9.17, 15) is 13.6 Å². The van der Waals surface area contributed by atoms with E-state index in [4.69, 9.17) is 0 Å². The smallest absolute Gasteiger partial charge is 0.257 e. The summed E-state index contributed by atoms with van der Waals surface area (Å²) in [4.78, 5) is 17.0. The lowest BCUT2D eigenvalue weighted by Gasteiger charge is -2.36. The van der Waals surface area contributed by atoms with Crippen LogP contribution in [0, 0.1) is 11.6 Å². The third-order valence-electron chi connectivity index (χ3n) is 6.04. The van der Waals surface area contributed by atoms with Crippen LogP contribution in [-0.2, 0) is 13.0 Å². The molecule has 0 saturated heterocycles. The first-order chi connectivity index (χ1) is 15.4. The van der Waals surface area contributed by atoms with Gasteiger partial charge in [0.1, 0.15) is 17.2 Å². The van der Waals surface area contributed by atoms with E-state index in [0.29, 0.717) is 0 Å². The maximum atomic E-state index is 14.1. The Bertz CT molecular complexity index is 1080. The van der Waals surface area contributed by atoms with Gasteiger partial charge in [0.2, 0.25) is 0 Å². The van der Waals surface area contributed by atoms with E-state index in [1.165, 1.54) is 17.2 Å². The first-order valence-corrected chi connectivity index (χ1v) is 10.7. The second-order valence-corrected chi connectivity index (χ2v) is 8.30. The van der Waals surface area contributed by atoms with Crippen molar-refractivity contribution in [3.8, 4) is 0 Å². The van der Waals surface area contributed by atoms with Gasteiger partial charge in [0.15, 0.2) is 0 Å². The van der Waals surface area contributed by atoms with Crippen LogP contribution in [0.5, 0.6) is 0 Å². The number of anilines is 1. The van der Waals surface area contributed by atoms with E-state index in [1.807, 2.05) is 37.2 Å². The first-order valence-electron chi connectivity index (χ1n) is 10.7. The van der Waals surface area contributed by atoms with E-state index >= 15 is 0 Å². The van der Waals surface area contributed by atoms with Crippen molar-refractivity contribution in [2.45, 2.75) is 19.0 Å². The van der Waals surface area contributed by atoms with Gasteiger partial charge in [0, 0.05) is 39.4 Å². The molecule has 1 aliphatic rings. The molecule has 1 atom stereocenters. The first kappa shape index (κ1) is 22.0. The Morgan fingerprint density at radius 1 is 0.969 bits per heavy atom. The zero-order valence-corrected chi connectivity index (χ0v) is 18.3. The highest BCUT2D eigenvalue weighted by molar-refractivity contribution is 5.94. The predicted octanol–water partition coefficient (Wildman–Crippen LogP) is 4.56. The van der Waals surface area contributed by atoms with E-state index in [0.717, 1.165) is 42.9 Å². The van der Waals surface area contributed by atoms with Crippen LogP contribution in [0.4, 0.5) is 14.5 Å². The molecule has 1 N–H and O–H groups in total. The Hall–Kier alpha value is -3.25. The van der Waals surface area contributed by atoms with E-state index in [2.05, 4.69) is 40.5 Å². The van der Waals surface area contributed by atoms with Gasteiger partial charge in [-0.3, -0.25) is 9.69 Å². The van der Waals surface area contributed by atoms with Gasteiger partial charge in [-0.1, -0.05) is 42.5 Å². The van der Waals surface area contributed by atoms with Crippen LogP contribution in [-0.4, -0.2) is 38.0 Å². The summed E-state index contributed by atoms with van der Waals surface area (Å²) in [6.07, 6.45) is 0.915. The molecule has 4 nitrogen and oxygen atoms in total. The minimum atomic E-state index is -0.860. The Balaban J connectivity index is 1.58. The molecule has 1 heterocycles. The minimum absolute atomic E-state index is 0.127. The van der Waals surface area contributed by atoms with Gasteiger partial charge < -0.3 is 10.2 Å². The molecule has 0 saturated carbocycles. The quantitative estimate of drug-likeness (QED) is 0.617. The standard InChI is InChI=1S/C26H27F2N3O/c1-30(2)21-12-10-19(11-13-21)24(31-15-14-18-6-3-4-7-20(18)17-31)16-29-26(32)25-22(27)8-5-9-23(25)28/h3-13,24H,14-17H2,1-2H3,(H,29,32). The molecule has 1 amide bonds. The molecule has 6 heteroatoms. The number of rotatable bonds is 6. The van der Waals surface area contributed by atoms with Crippen LogP contribution >= 0.6 is 0 Å². The average Bonchev–Trinajstić information content (AvgIpc) is 2.79. The summed E-state index contributed by atoms with van der Waals surface area (Å²) in [5, 5.41) is 2.77. The molecule has 0 aliphatic carbocycles. The molecule has 166 valence electrons. The lowest BCUT2D eigenvalue weighted by molar-refractivity contribution is 0.0919. The topological polar surface area (TPSA) is 35.6 Å². The number of benzene rings is 3.